The molecule has 0 saturated heterocycles. The Morgan fingerprint density at radius 2 is 2.00 bits per heavy atom. The lowest BCUT2D eigenvalue weighted by Crippen LogP contribution is -2.31. The van der Waals surface area contributed by atoms with Crippen LogP contribution >= 0.6 is 0 Å². The molecule has 1 atom stereocenters. The molecule has 1 aromatic carbocycles. The Morgan fingerprint density at radius 3 is 2.68 bits per heavy atom. The van der Waals surface area contributed by atoms with Gasteiger partial charge in [-0.05, 0) is 44.2 Å². The van der Waals surface area contributed by atoms with Gasteiger partial charge in [-0.25, -0.2) is 13.1 Å². The molecular weight excluding hydrogens is 298 g/mol. The third kappa shape index (κ3) is 2.57. The van der Waals surface area contributed by atoms with Gasteiger partial charge in [0.25, 0.3) is 0 Å². The number of benzene rings is 1. The Hall–Kier alpha value is -1.66. The molecule has 2 aromatic rings. The molecule has 118 valence electrons. The first-order chi connectivity index (χ1) is 10.4. The monoisotopic (exact) mass is 319 g/mol. The van der Waals surface area contributed by atoms with Crippen molar-refractivity contribution in [2.24, 2.45) is 7.05 Å². The fourth-order valence-electron chi connectivity index (χ4n) is 3.27. The van der Waals surface area contributed by atoms with Crippen LogP contribution < -0.4 is 4.72 Å². The highest BCUT2D eigenvalue weighted by atomic mass is 32.2. The molecular formula is C16H21N3O2S. The van der Waals surface area contributed by atoms with Gasteiger partial charge >= 0.3 is 0 Å². The maximum absolute atomic E-state index is 12.8. The van der Waals surface area contributed by atoms with Gasteiger partial charge in [-0.1, -0.05) is 24.3 Å². The normalized spacial score (nSPS) is 18.2. The van der Waals surface area contributed by atoms with Gasteiger partial charge in [0.1, 0.15) is 4.90 Å². The van der Waals surface area contributed by atoms with Crippen molar-refractivity contribution in [3.63, 3.8) is 0 Å². The molecule has 0 unspecified atom stereocenters. The number of hydrogen-bond acceptors (Lipinski definition) is 3. The highest BCUT2D eigenvalue weighted by Crippen LogP contribution is 2.31. The first-order valence-corrected chi connectivity index (χ1v) is 8.99. The summed E-state index contributed by atoms with van der Waals surface area (Å²) in [5, 5.41) is 4.21. The predicted molar refractivity (Wildman–Crippen MR) is 85.1 cm³/mol. The van der Waals surface area contributed by atoms with E-state index < -0.39 is 10.0 Å². The topological polar surface area (TPSA) is 64.0 Å². The summed E-state index contributed by atoms with van der Waals surface area (Å²) in [6, 6.07) is 7.91. The number of aromatic nitrogens is 2. The standard InChI is InChI=1S/C16H21N3O2S/c1-11-16(12(2)19(3)17-11)22(20,21)18-15-10-6-8-13-7-4-5-9-14(13)15/h4-5,7,9,15,18H,6,8,10H2,1-3H3/t15-/m1/s1. The van der Waals surface area contributed by atoms with Gasteiger partial charge in [0.05, 0.1) is 11.4 Å². The molecule has 1 aliphatic rings. The number of sulfonamides is 1. The van der Waals surface area contributed by atoms with Gasteiger partial charge in [0, 0.05) is 13.1 Å². The minimum absolute atomic E-state index is 0.158. The minimum Gasteiger partial charge on any atom is -0.271 e. The average Bonchev–Trinajstić information content (AvgIpc) is 2.72. The second-order valence-electron chi connectivity index (χ2n) is 5.89. The summed E-state index contributed by atoms with van der Waals surface area (Å²) in [4.78, 5) is 0.304. The molecule has 1 heterocycles. The summed E-state index contributed by atoms with van der Waals surface area (Å²) >= 11 is 0. The second-order valence-corrected chi connectivity index (χ2v) is 7.54. The van der Waals surface area contributed by atoms with Crippen molar-refractivity contribution in [3.05, 3.63) is 46.8 Å². The van der Waals surface area contributed by atoms with Crippen LogP contribution in [0.25, 0.3) is 0 Å². The van der Waals surface area contributed by atoms with Crippen LogP contribution in [-0.2, 0) is 23.5 Å². The third-order valence-corrected chi connectivity index (χ3v) is 6.10. The van der Waals surface area contributed by atoms with Crippen molar-refractivity contribution in [1.29, 1.82) is 0 Å². The van der Waals surface area contributed by atoms with Crippen molar-refractivity contribution in [1.82, 2.24) is 14.5 Å². The molecule has 0 spiro atoms. The zero-order chi connectivity index (χ0) is 15.9. The third-order valence-electron chi connectivity index (χ3n) is 4.38. The van der Waals surface area contributed by atoms with Gasteiger partial charge in [-0.2, -0.15) is 5.10 Å². The van der Waals surface area contributed by atoms with Crippen molar-refractivity contribution < 1.29 is 8.42 Å². The van der Waals surface area contributed by atoms with Crippen LogP contribution in [0.3, 0.4) is 0 Å². The second kappa shape index (κ2) is 5.52. The van der Waals surface area contributed by atoms with E-state index >= 15 is 0 Å². The van der Waals surface area contributed by atoms with Crippen LogP contribution in [0.15, 0.2) is 29.2 Å². The summed E-state index contributed by atoms with van der Waals surface area (Å²) in [7, 11) is -1.82. The molecule has 0 bridgehead atoms. The fourth-order valence-corrected chi connectivity index (χ4v) is 4.95. The van der Waals surface area contributed by atoms with Crippen LogP contribution in [0.4, 0.5) is 0 Å². The molecule has 5 nitrogen and oxygen atoms in total. The molecule has 22 heavy (non-hydrogen) atoms. The highest BCUT2D eigenvalue weighted by molar-refractivity contribution is 7.89. The van der Waals surface area contributed by atoms with Gasteiger partial charge in [0.15, 0.2) is 0 Å². The number of fused-ring (bicyclic) bond motifs is 1. The van der Waals surface area contributed by atoms with Gasteiger partial charge < -0.3 is 0 Å². The van der Waals surface area contributed by atoms with Gasteiger partial charge in [-0.15, -0.1) is 0 Å². The van der Waals surface area contributed by atoms with Crippen molar-refractivity contribution >= 4 is 10.0 Å². The zero-order valence-corrected chi connectivity index (χ0v) is 13.9. The van der Waals surface area contributed by atoms with Crippen LogP contribution in [0, 0.1) is 13.8 Å². The number of rotatable bonds is 3. The first kappa shape index (κ1) is 15.2. The molecule has 0 radical (unpaired) electrons. The number of nitrogens with zero attached hydrogens (tertiary/aromatic N) is 2. The molecule has 3 rings (SSSR count). The van der Waals surface area contributed by atoms with Gasteiger partial charge in [0.2, 0.25) is 10.0 Å². The number of nitrogens with one attached hydrogen (secondary N) is 1. The molecule has 6 heteroatoms. The van der Waals surface area contributed by atoms with E-state index in [0.717, 1.165) is 24.8 Å². The lowest BCUT2D eigenvalue weighted by atomic mass is 9.88. The molecule has 0 saturated carbocycles. The van der Waals surface area contributed by atoms with Crippen LogP contribution in [-0.4, -0.2) is 18.2 Å². The lowest BCUT2D eigenvalue weighted by molar-refractivity contribution is 0.506. The minimum atomic E-state index is -3.58. The van der Waals surface area contributed by atoms with E-state index in [1.807, 2.05) is 18.2 Å². The molecule has 0 amide bonds. The van der Waals surface area contributed by atoms with Crippen LogP contribution in [0.1, 0.15) is 41.4 Å². The van der Waals surface area contributed by atoms with Crippen LogP contribution in [0.5, 0.6) is 0 Å². The van der Waals surface area contributed by atoms with E-state index in [1.54, 1.807) is 25.6 Å². The van der Waals surface area contributed by atoms with Crippen molar-refractivity contribution in [2.45, 2.75) is 44.0 Å². The molecule has 0 fully saturated rings. The summed E-state index contributed by atoms with van der Waals surface area (Å²) in [6.07, 6.45) is 2.84. The summed E-state index contributed by atoms with van der Waals surface area (Å²) in [6.45, 7) is 3.51. The van der Waals surface area contributed by atoms with E-state index in [-0.39, 0.29) is 6.04 Å². The Morgan fingerprint density at radius 1 is 1.27 bits per heavy atom. The molecule has 1 aliphatic carbocycles. The number of hydrogen-bond donors (Lipinski definition) is 1. The predicted octanol–water partition coefficient (Wildman–Crippen LogP) is 2.39. The van der Waals surface area contributed by atoms with E-state index in [2.05, 4.69) is 15.9 Å². The maximum atomic E-state index is 12.8. The first-order valence-electron chi connectivity index (χ1n) is 7.50. The van der Waals surface area contributed by atoms with Crippen molar-refractivity contribution in [3.8, 4) is 0 Å². The Bertz CT molecular complexity index is 809. The van der Waals surface area contributed by atoms with E-state index in [0.29, 0.717) is 16.3 Å². The van der Waals surface area contributed by atoms with Gasteiger partial charge in [-0.3, -0.25) is 4.68 Å². The Labute approximate surface area is 131 Å². The molecule has 1 aromatic heterocycles. The quantitative estimate of drug-likeness (QED) is 0.945. The maximum Gasteiger partial charge on any atom is 0.244 e. The summed E-state index contributed by atoms with van der Waals surface area (Å²) in [5.74, 6) is 0. The summed E-state index contributed by atoms with van der Waals surface area (Å²) < 4.78 is 30.1. The largest absolute Gasteiger partial charge is 0.271 e. The lowest BCUT2D eigenvalue weighted by Gasteiger charge is -2.26. The van der Waals surface area contributed by atoms with Crippen molar-refractivity contribution in [2.75, 3.05) is 0 Å². The fraction of sp³-hybridized carbons (Fsp3) is 0.438. The van der Waals surface area contributed by atoms with E-state index in [9.17, 15) is 8.42 Å². The Kier molecular flexibility index (Phi) is 3.82. The highest BCUT2D eigenvalue weighted by Gasteiger charge is 2.29. The smallest absolute Gasteiger partial charge is 0.244 e. The zero-order valence-electron chi connectivity index (χ0n) is 13.1. The number of aryl methyl sites for hydroxylation is 3. The SMILES string of the molecule is Cc1nn(C)c(C)c1S(=O)(=O)N[C@@H]1CCCc2ccccc21. The van der Waals surface area contributed by atoms with E-state index in [4.69, 9.17) is 0 Å². The molecule has 1 N–H and O–H groups in total. The van der Waals surface area contributed by atoms with Crippen LogP contribution in [0.2, 0.25) is 0 Å². The summed E-state index contributed by atoms with van der Waals surface area (Å²) in [5.41, 5.74) is 3.53. The van der Waals surface area contributed by atoms with E-state index in [1.165, 1.54) is 5.56 Å². The Balaban J connectivity index is 1.96. The molecule has 0 aliphatic heterocycles. The average molecular weight is 319 g/mol.